The van der Waals surface area contributed by atoms with E-state index in [9.17, 15) is 9.59 Å². The topological polar surface area (TPSA) is 50.5 Å². The number of fused-ring (bicyclic) bond motifs is 1. The molecule has 1 aliphatic carbocycles. The average molecular weight is 295 g/mol. The second-order valence-corrected chi connectivity index (χ2v) is 5.98. The quantitative estimate of drug-likeness (QED) is 0.790. The molecule has 112 valence electrons. The summed E-state index contributed by atoms with van der Waals surface area (Å²) in [6.45, 7) is 0. The molecule has 4 nitrogen and oxygen atoms in total. The summed E-state index contributed by atoms with van der Waals surface area (Å²) < 4.78 is 5.43. The van der Waals surface area contributed by atoms with Crippen molar-refractivity contribution < 1.29 is 14.0 Å². The van der Waals surface area contributed by atoms with Crippen LogP contribution in [-0.4, -0.2) is 22.8 Å². The Hall–Kier alpha value is -2.36. The highest BCUT2D eigenvalue weighted by molar-refractivity contribution is 6.24. The minimum Gasteiger partial charge on any atom is -0.464 e. The van der Waals surface area contributed by atoms with E-state index < -0.39 is 0 Å². The minimum absolute atomic E-state index is 0.0469. The van der Waals surface area contributed by atoms with E-state index in [0.717, 1.165) is 25.7 Å². The second-order valence-electron chi connectivity index (χ2n) is 5.98. The van der Waals surface area contributed by atoms with Crippen LogP contribution in [0.15, 0.2) is 41.0 Å². The van der Waals surface area contributed by atoms with Crippen molar-refractivity contribution in [3.8, 4) is 11.3 Å². The molecule has 0 N–H and O–H groups in total. The SMILES string of the molecule is O=C1c2cccc(-c3ccco3)c2C(=O)N1C1CCCCC1. The predicted octanol–water partition coefficient (Wildman–Crippen LogP) is 3.88. The van der Waals surface area contributed by atoms with Crippen LogP contribution in [0.4, 0.5) is 0 Å². The number of benzene rings is 1. The van der Waals surface area contributed by atoms with Gasteiger partial charge in [-0.3, -0.25) is 14.5 Å². The first-order valence-electron chi connectivity index (χ1n) is 7.82. The summed E-state index contributed by atoms with van der Waals surface area (Å²) >= 11 is 0. The van der Waals surface area contributed by atoms with Gasteiger partial charge >= 0.3 is 0 Å². The largest absolute Gasteiger partial charge is 0.464 e. The first-order chi connectivity index (χ1) is 10.8. The Morgan fingerprint density at radius 2 is 1.68 bits per heavy atom. The first kappa shape index (κ1) is 13.3. The van der Waals surface area contributed by atoms with Crippen molar-refractivity contribution in [1.29, 1.82) is 0 Å². The molecule has 2 aliphatic rings. The van der Waals surface area contributed by atoms with E-state index in [1.165, 1.54) is 11.3 Å². The molecular weight excluding hydrogens is 278 g/mol. The monoisotopic (exact) mass is 295 g/mol. The van der Waals surface area contributed by atoms with Gasteiger partial charge in [0.05, 0.1) is 17.4 Å². The molecule has 2 heterocycles. The van der Waals surface area contributed by atoms with Crippen molar-refractivity contribution in [2.24, 2.45) is 0 Å². The normalized spacial score (nSPS) is 18.8. The molecule has 2 aromatic rings. The van der Waals surface area contributed by atoms with Crippen LogP contribution >= 0.6 is 0 Å². The third kappa shape index (κ3) is 1.90. The van der Waals surface area contributed by atoms with E-state index in [1.807, 2.05) is 18.2 Å². The first-order valence-corrected chi connectivity index (χ1v) is 7.82. The Labute approximate surface area is 128 Å². The molecule has 1 aliphatic heterocycles. The molecular formula is C18H17NO3. The fraction of sp³-hybridized carbons (Fsp3) is 0.333. The number of rotatable bonds is 2. The molecule has 0 bridgehead atoms. The maximum atomic E-state index is 12.9. The van der Waals surface area contributed by atoms with Gasteiger partial charge in [-0.05, 0) is 31.0 Å². The fourth-order valence-electron chi connectivity index (χ4n) is 3.61. The Kier molecular flexibility index (Phi) is 3.10. The van der Waals surface area contributed by atoms with Crippen molar-refractivity contribution in [1.82, 2.24) is 4.90 Å². The molecule has 1 saturated carbocycles. The lowest BCUT2D eigenvalue weighted by atomic mass is 9.94. The predicted molar refractivity (Wildman–Crippen MR) is 81.5 cm³/mol. The highest BCUT2D eigenvalue weighted by atomic mass is 16.3. The summed E-state index contributed by atoms with van der Waals surface area (Å²) in [7, 11) is 0. The molecule has 1 fully saturated rings. The van der Waals surface area contributed by atoms with Gasteiger partial charge in [0.25, 0.3) is 11.8 Å². The molecule has 0 atom stereocenters. The summed E-state index contributed by atoms with van der Waals surface area (Å²) in [6.07, 6.45) is 6.78. The third-order valence-corrected chi connectivity index (χ3v) is 4.67. The van der Waals surface area contributed by atoms with Gasteiger partial charge in [0.1, 0.15) is 5.76 Å². The number of hydrogen-bond acceptors (Lipinski definition) is 3. The number of hydrogen-bond donors (Lipinski definition) is 0. The number of furan rings is 1. The Bertz CT molecular complexity index is 727. The van der Waals surface area contributed by atoms with Gasteiger partial charge in [0, 0.05) is 11.6 Å². The number of amides is 2. The molecule has 2 amide bonds. The maximum Gasteiger partial charge on any atom is 0.262 e. The fourth-order valence-corrected chi connectivity index (χ4v) is 3.61. The highest BCUT2D eigenvalue weighted by Crippen LogP contribution is 2.36. The number of imide groups is 1. The Balaban J connectivity index is 1.79. The van der Waals surface area contributed by atoms with Gasteiger partial charge in [-0.1, -0.05) is 31.4 Å². The van der Waals surface area contributed by atoms with Crippen LogP contribution < -0.4 is 0 Å². The lowest BCUT2D eigenvalue weighted by Gasteiger charge is -2.29. The smallest absolute Gasteiger partial charge is 0.262 e. The molecule has 1 aromatic heterocycles. The summed E-state index contributed by atoms with van der Waals surface area (Å²) in [4.78, 5) is 27.1. The minimum atomic E-state index is -0.168. The van der Waals surface area contributed by atoms with Crippen molar-refractivity contribution in [2.75, 3.05) is 0 Å². The molecule has 4 heteroatoms. The van der Waals surface area contributed by atoms with E-state index in [2.05, 4.69) is 0 Å². The number of nitrogens with zero attached hydrogens (tertiary/aromatic N) is 1. The van der Waals surface area contributed by atoms with Gasteiger partial charge in [0.2, 0.25) is 0 Å². The molecule has 0 unspecified atom stereocenters. The van der Waals surface area contributed by atoms with Crippen LogP contribution in [0.25, 0.3) is 11.3 Å². The van der Waals surface area contributed by atoms with Crippen LogP contribution in [0.3, 0.4) is 0 Å². The van der Waals surface area contributed by atoms with Crippen molar-refractivity contribution in [2.45, 2.75) is 38.1 Å². The van der Waals surface area contributed by atoms with Gasteiger partial charge in [-0.2, -0.15) is 0 Å². The van der Waals surface area contributed by atoms with E-state index in [4.69, 9.17) is 4.42 Å². The standard InChI is InChI=1S/C18H17NO3/c20-17-14-9-4-8-13(15-10-5-11-22-15)16(14)18(21)19(17)12-6-2-1-3-7-12/h4-5,8-12H,1-3,6-7H2. The lowest BCUT2D eigenvalue weighted by molar-refractivity contribution is 0.0549. The average Bonchev–Trinajstić information content (AvgIpc) is 3.16. The lowest BCUT2D eigenvalue weighted by Crippen LogP contribution is -2.40. The Morgan fingerprint density at radius 3 is 2.41 bits per heavy atom. The van der Waals surface area contributed by atoms with Crippen molar-refractivity contribution in [3.63, 3.8) is 0 Å². The zero-order chi connectivity index (χ0) is 15.1. The molecule has 0 spiro atoms. The van der Waals surface area contributed by atoms with Gasteiger partial charge in [-0.25, -0.2) is 0 Å². The second kappa shape index (κ2) is 5.13. The van der Waals surface area contributed by atoms with Crippen LogP contribution in [0.5, 0.6) is 0 Å². The van der Waals surface area contributed by atoms with Crippen molar-refractivity contribution >= 4 is 11.8 Å². The highest BCUT2D eigenvalue weighted by Gasteiger charge is 2.41. The van der Waals surface area contributed by atoms with Crippen LogP contribution in [0.1, 0.15) is 52.8 Å². The molecule has 22 heavy (non-hydrogen) atoms. The molecule has 0 radical (unpaired) electrons. The summed E-state index contributed by atoms with van der Waals surface area (Å²) in [5, 5.41) is 0. The third-order valence-electron chi connectivity index (χ3n) is 4.67. The van der Waals surface area contributed by atoms with Gasteiger partial charge < -0.3 is 4.42 Å². The number of carbonyl (C=O) groups is 2. The maximum absolute atomic E-state index is 12.9. The van der Waals surface area contributed by atoms with Crippen LogP contribution in [0.2, 0.25) is 0 Å². The zero-order valence-corrected chi connectivity index (χ0v) is 12.2. The van der Waals surface area contributed by atoms with Crippen LogP contribution in [-0.2, 0) is 0 Å². The van der Waals surface area contributed by atoms with Crippen LogP contribution in [0, 0.1) is 0 Å². The molecule has 4 rings (SSSR count). The summed E-state index contributed by atoms with van der Waals surface area (Å²) in [6, 6.07) is 9.04. The van der Waals surface area contributed by atoms with E-state index >= 15 is 0 Å². The van der Waals surface area contributed by atoms with Gasteiger partial charge in [-0.15, -0.1) is 0 Å². The Morgan fingerprint density at radius 1 is 0.909 bits per heavy atom. The van der Waals surface area contributed by atoms with E-state index in [-0.39, 0.29) is 17.9 Å². The molecule has 0 saturated heterocycles. The molecule has 1 aromatic carbocycles. The zero-order valence-electron chi connectivity index (χ0n) is 12.2. The van der Waals surface area contributed by atoms with Gasteiger partial charge in [0.15, 0.2) is 0 Å². The number of carbonyl (C=O) groups excluding carboxylic acids is 2. The van der Waals surface area contributed by atoms with Crippen molar-refractivity contribution in [3.05, 3.63) is 47.7 Å². The summed E-state index contributed by atoms with van der Waals surface area (Å²) in [5.74, 6) is 0.308. The van der Waals surface area contributed by atoms with E-state index in [0.29, 0.717) is 22.5 Å². The summed E-state index contributed by atoms with van der Waals surface area (Å²) in [5.41, 5.74) is 1.71. The van der Waals surface area contributed by atoms with E-state index in [1.54, 1.807) is 18.4 Å².